The lowest BCUT2D eigenvalue weighted by Gasteiger charge is -2.27. The van der Waals surface area contributed by atoms with Gasteiger partial charge in [0.2, 0.25) is 0 Å². The molecule has 0 aromatic carbocycles. The Morgan fingerprint density at radius 3 is 2.44 bits per heavy atom. The molecule has 0 radical (unpaired) electrons. The van der Waals surface area contributed by atoms with E-state index in [1.54, 1.807) is 0 Å². The first-order valence-corrected chi connectivity index (χ1v) is 5.87. The summed E-state index contributed by atoms with van der Waals surface area (Å²) in [6.45, 7) is 7.73. The summed E-state index contributed by atoms with van der Waals surface area (Å²) in [6, 6.07) is 4.73. The van der Waals surface area contributed by atoms with Crippen LogP contribution in [0.5, 0.6) is 0 Å². The van der Waals surface area contributed by atoms with E-state index in [2.05, 4.69) is 49.1 Å². The predicted octanol–water partition coefficient (Wildman–Crippen LogP) is 2.60. The molecule has 1 aromatic heterocycles. The Hall–Kier alpha value is -1.09. The van der Waals surface area contributed by atoms with Gasteiger partial charge in [0.25, 0.3) is 0 Å². The molecule has 16 heavy (non-hydrogen) atoms. The van der Waals surface area contributed by atoms with Crippen LogP contribution in [0.25, 0.3) is 0 Å². The van der Waals surface area contributed by atoms with Crippen molar-refractivity contribution in [3.63, 3.8) is 0 Å². The van der Waals surface area contributed by atoms with Crippen LogP contribution in [-0.2, 0) is 6.54 Å². The molecule has 0 saturated heterocycles. The number of rotatable bonds is 5. The Bertz CT molecular complexity index is 305. The summed E-state index contributed by atoms with van der Waals surface area (Å²) in [4.78, 5) is 6.68. The molecule has 1 heterocycles. The van der Waals surface area contributed by atoms with Crippen LogP contribution in [-0.4, -0.2) is 30.0 Å². The number of aromatic nitrogens is 1. The second-order valence-electron chi connectivity index (χ2n) is 4.70. The third-order valence-electron chi connectivity index (χ3n) is 3.17. The molecule has 3 heteroatoms. The molecule has 1 N–H and O–H groups in total. The molecule has 1 aromatic rings. The van der Waals surface area contributed by atoms with Crippen LogP contribution in [0.1, 0.15) is 26.3 Å². The maximum Gasteiger partial charge on any atom is 0.125 e. The summed E-state index contributed by atoms with van der Waals surface area (Å²) in [5.74, 6) is 1.60. The zero-order valence-electron chi connectivity index (χ0n) is 11.0. The van der Waals surface area contributed by atoms with E-state index in [4.69, 9.17) is 0 Å². The predicted molar refractivity (Wildman–Crippen MR) is 69.6 cm³/mol. The van der Waals surface area contributed by atoms with Gasteiger partial charge in [0.1, 0.15) is 5.82 Å². The summed E-state index contributed by atoms with van der Waals surface area (Å²) in [6.07, 6.45) is 1.94. The second kappa shape index (κ2) is 5.85. The summed E-state index contributed by atoms with van der Waals surface area (Å²) in [7, 11) is 4.05. The van der Waals surface area contributed by atoms with Crippen LogP contribution in [0.4, 0.5) is 5.82 Å². The maximum atomic E-state index is 4.32. The van der Waals surface area contributed by atoms with E-state index in [9.17, 15) is 0 Å². The van der Waals surface area contributed by atoms with Crippen molar-refractivity contribution in [1.82, 2.24) is 9.88 Å². The molecule has 0 amide bonds. The Kier molecular flexibility index (Phi) is 4.74. The lowest BCUT2D eigenvalue weighted by atomic mass is 10.0. The fraction of sp³-hybridized carbons (Fsp3) is 0.615. The highest BCUT2D eigenvalue weighted by Gasteiger charge is 2.13. The maximum absolute atomic E-state index is 4.32. The second-order valence-corrected chi connectivity index (χ2v) is 4.70. The minimum absolute atomic E-state index is 0.587. The van der Waals surface area contributed by atoms with Crippen LogP contribution in [0.3, 0.4) is 0 Å². The van der Waals surface area contributed by atoms with Crippen LogP contribution in [0, 0.1) is 5.92 Å². The number of hydrogen-bond donors (Lipinski definition) is 1. The molecule has 0 bridgehead atoms. The van der Waals surface area contributed by atoms with Crippen molar-refractivity contribution < 1.29 is 0 Å². The van der Waals surface area contributed by atoms with E-state index >= 15 is 0 Å². The van der Waals surface area contributed by atoms with Gasteiger partial charge in [-0.2, -0.15) is 0 Å². The van der Waals surface area contributed by atoms with Crippen LogP contribution < -0.4 is 5.32 Å². The largest absolute Gasteiger partial charge is 0.373 e. The van der Waals surface area contributed by atoms with Gasteiger partial charge in [0.15, 0.2) is 0 Å². The molecule has 0 aliphatic heterocycles. The lowest BCUT2D eigenvalue weighted by Crippen LogP contribution is -2.32. The number of pyridine rings is 1. The van der Waals surface area contributed by atoms with E-state index < -0.39 is 0 Å². The topological polar surface area (TPSA) is 28.2 Å². The average molecular weight is 221 g/mol. The Labute approximate surface area is 98.9 Å². The quantitative estimate of drug-likeness (QED) is 0.828. The number of nitrogens with zero attached hydrogens (tertiary/aromatic N) is 2. The molecular formula is C13H23N3. The van der Waals surface area contributed by atoms with Crippen molar-refractivity contribution in [2.45, 2.75) is 33.4 Å². The fourth-order valence-electron chi connectivity index (χ4n) is 1.61. The molecule has 0 spiro atoms. The van der Waals surface area contributed by atoms with Gasteiger partial charge in [-0.25, -0.2) is 4.98 Å². The van der Waals surface area contributed by atoms with Crippen molar-refractivity contribution in [2.24, 2.45) is 5.92 Å². The third-order valence-corrected chi connectivity index (χ3v) is 3.17. The third kappa shape index (κ3) is 3.49. The highest BCUT2D eigenvalue weighted by molar-refractivity contribution is 5.34. The molecule has 1 atom stereocenters. The number of hydrogen-bond acceptors (Lipinski definition) is 3. The van der Waals surface area contributed by atoms with Crippen molar-refractivity contribution in [1.29, 1.82) is 0 Å². The highest BCUT2D eigenvalue weighted by Crippen LogP contribution is 2.12. The smallest absolute Gasteiger partial charge is 0.125 e. The average Bonchev–Trinajstić information content (AvgIpc) is 2.28. The number of nitrogens with one attached hydrogen (secondary N) is 1. The van der Waals surface area contributed by atoms with Crippen molar-refractivity contribution >= 4 is 5.82 Å². The monoisotopic (exact) mass is 221 g/mol. The zero-order valence-corrected chi connectivity index (χ0v) is 11.0. The van der Waals surface area contributed by atoms with Gasteiger partial charge < -0.3 is 5.32 Å². The minimum atomic E-state index is 0.587. The first-order chi connectivity index (χ1) is 7.54. The van der Waals surface area contributed by atoms with Crippen molar-refractivity contribution in [3.05, 3.63) is 23.9 Å². The van der Waals surface area contributed by atoms with Crippen LogP contribution in [0.2, 0.25) is 0 Å². The molecule has 0 fully saturated rings. The SMILES string of the molecule is CNc1ccc(CN(C)C(C)C(C)C)cn1. The van der Waals surface area contributed by atoms with E-state index in [-0.39, 0.29) is 0 Å². The first kappa shape index (κ1) is 13.0. The molecule has 0 saturated carbocycles. The Morgan fingerprint density at radius 1 is 1.31 bits per heavy atom. The standard InChI is InChI=1S/C13H23N3/c1-10(2)11(3)16(5)9-12-6-7-13(14-4)15-8-12/h6-8,10-11H,9H2,1-5H3,(H,14,15). The fourth-order valence-corrected chi connectivity index (χ4v) is 1.61. The van der Waals surface area contributed by atoms with E-state index in [1.165, 1.54) is 5.56 Å². The molecule has 1 rings (SSSR count). The van der Waals surface area contributed by atoms with Crippen LogP contribution in [0.15, 0.2) is 18.3 Å². The van der Waals surface area contributed by atoms with Gasteiger partial charge >= 0.3 is 0 Å². The summed E-state index contributed by atoms with van der Waals surface area (Å²) in [5, 5.41) is 3.02. The molecule has 0 aliphatic carbocycles. The van der Waals surface area contributed by atoms with E-state index in [1.807, 2.05) is 19.3 Å². The van der Waals surface area contributed by atoms with Gasteiger partial charge in [-0.15, -0.1) is 0 Å². The van der Waals surface area contributed by atoms with Gasteiger partial charge in [-0.3, -0.25) is 4.90 Å². The summed E-state index contributed by atoms with van der Waals surface area (Å²) >= 11 is 0. The van der Waals surface area contributed by atoms with Gasteiger partial charge in [-0.1, -0.05) is 19.9 Å². The first-order valence-electron chi connectivity index (χ1n) is 5.87. The normalized spacial score (nSPS) is 13.2. The Balaban J connectivity index is 2.59. The van der Waals surface area contributed by atoms with E-state index in [0.717, 1.165) is 12.4 Å². The minimum Gasteiger partial charge on any atom is -0.373 e. The van der Waals surface area contributed by atoms with E-state index in [0.29, 0.717) is 12.0 Å². The van der Waals surface area contributed by atoms with Gasteiger partial charge in [0.05, 0.1) is 0 Å². The van der Waals surface area contributed by atoms with Crippen molar-refractivity contribution in [2.75, 3.05) is 19.4 Å². The Morgan fingerprint density at radius 2 is 2.00 bits per heavy atom. The molecule has 3 nitrogen and oxygen atoms in total. The highest BCUT2D eigenvalue weighted by atomic mass is 15.1. The zero-order chi connectivity index (χ0) is 12.1. The number of anilines is 1. The molecule has 90 valence electrons. The van der Waals surface area contributed by atoms with Gasteiger partial charge in [0, 0.05) is 25.8 Å². The lowest BCUT2D eigenvalue weighted by molar-refractivity contribution is 0.200. The summed E-state index contributed by atoms with van der Waals surface area (Å²) in [5.41, 5.74) is 1.26. The van der Waals surface area contributed by atoms with Gasteiger partial charge in [-0.05, 0) is 31.5 Å². The van der Waals surface area contributed by atoms with Crippen molar-refractivity contribution in [3.8, 4) is 0 Å². The molecule has 0 aliphatic rings. The molecule has 1 unspecified atom stereocenters. The summed E-state index contributed by atoms with van der Waals surface area (Å²) < 4.78 is 0. The molecular weight excluding hydrogens is 198 g/mol. The van der Waals surface area contributed by atoms with Crippen LogP contribution >= 0.6 is 0 Å².